The van der Waals surface area contributed by atoms with Crippen molar-refractivity contribution in [2.75, 3.05) is 38.1 Å². The fourth-order valence-corrected chi connectivity index (χ4v) is 3.31. The number of halogens is 1. The number of hydrogen-bond acceptors (Lipinski definition) is 9. The standard InChI is InChI=1S/C16H22N6O4.ClH/c23-7-10-12(24)13(25)16(26-10)22-9-20-11-14(18-8-19-15(11)22)17-3-6-21-4-1-2-5-21;/h1-2,8-10,12-13,16,23-25H,3-7H2,(H,17,18,19);1H/t10-,12-,13-,16-;/m1./s1. The number of aliphatic hydroxyl groups is 3. The van der Waals surface area contributed by atoms with E-state index in [4.69, 9.17) is 4.74 Å². The first-order valence-electron chi connectivity index (χ1n) is 8.60. The zero-order valence-corrected chi connectivity index (χ0v) is 15.4. The zero-order chi connectivity index (χ0) is 18.1. The Morgan fingerprint density at radius 3 is 2.63 bits per heavy atom. The highest BCUT2D eigenvalue weighted by molar-refractivity contribution is 5.85. The number of fused-ring (bicyclic) bond motifs is 1. The Morgan fingerprint density at radius 1 is 1.15 bits per heavy atom. The maximum absolute atomic E-state index is 10.2. The minimum atomic E-state index is -1.18. The van der Waals surface area contributed by atoms with E-state index in [9.17, 15) is 15.3 Å². The quantitative estimate of drug-likeness (QED) is 0.459. The molecule has 0 unspecified atom stereocenters. The van der Waals surface area contributed by atoms with Crippen LogP contribution in [0.2, 0.25) is 0 Å². The second kappa shape index (κ2) is 8.46. The predicted octanol–water partition coefficient (Wildman–Crippen LogP) is -0.857. The third-order valence-electron chi connectivity index (χ3n) is 4.76. The fourth-order valence-electron chi connectivity index (χ4n) is 3.31. The second-order valence-corrected chi connectivity index (χ2v) is 6.43. The zero-order valence-electron chi connectivity index (χ0n) is 14.5. The van der Waals surface area contributed by atoms with Gasteiger partial charge in [-0.1, -0.05) is 12.2 Å². The monoisotopic (exact) mass is 398 g/mol. The van der Waals surface area contributed by atoms with E-state index in [-0.39, 0.29) is 19.0 Å². The van der Waals surface area contributed by atoms with Crippen LogP contribution in [0.15, 0.2) is 24.8 Å². The van der Waals surface area contributed by atoms with Gasteiger partial charge in [0.05, 0.1) is 12.9 Å². The lowest BCUT2D eigenvalue weighted by molar-refractivity contribution is -0.0511. The molecule has 10 nitrogen and oxygen atoms in total. The Hall–Kier alpha value is -1.82. The summed E-state index contributed by atoms with van der Waals surface area (Å²) in [5, 5.41) is 32.7. The van der Waals surface area contributed by atoms with Gasteiger partial charge in [0.25, 0.3) is 0 Å². The van der Waals surface area contributed by atoms with Crippen LogP contribution in [0.3, 0.4) is 0 Å². The van der Waals surface area contributed by atoms with Crippen LogP contribution in [0.1, 0.15) is 6.23 Å². The van der Waals surface area contributed by atoms with E-state index in [0.717, 1.165) is 19.6 Å². The summed E-state index contributed by atoms with van der Waals surface area (Å²) in [4.78, 5) is 15.1. The number of hydrogen-bond donors (Lipinski definition) is 4. The maximum atomic E-state index is 10.2. The van der Waals surface area contributed by atoms with Crippen LogP contribution in [0.4, 0.5) is 5.82 Å². The van der Waals surface area contributed by atoms with Crippen LogP contribution in [-0.4, -0.2) is 90.8 Å². The average Bonchev–Trinajstić information content (AvgIpc) is 3.37. The van der Waals surface area contributed by atoms with Gasteiger partial charge in [0.2, 0.25) is 0 Å². The molecule has 2 aliphatic heterocycles. The molecule has 27 heavy (non-hydrogen) atoms. The van der Waals surface area contributed by atoms with Crippen molar-refractivity contribution >= 4 is 29.4 Å². The number of imidazole rings is 1. The maximum Gasteiger partial charge on any atom is 0.167 e. The smallest absolute Gasteiger partial charge is 0.167 e. The molecule has 1 fully saturated rings. The molecule has 0 amide bonds. The number of nitrogens with zero attached hydrogens (tertiary/aromatic N) is 5. The number of nitrogens with one attached hydrogen (secondary N) is 1. The van der Waals surface area contributed by atoms with Crippen LogP contribution < -0.4 is 5.32 Å². The highest BCUT2D eigenvalue weighted by Crippen LogP contribution is 2.31. The van der Waals surface area contributed by atoms with Crippen molar-refractivity contribution in [3.8, 4) is 0 Å². The summed E-state index contributed by atoms with van der Waals surface area (Å²) in [6.45, 7) is 3.14. The molecule has 11 heteroatoms. The molecule has 2 aromatic heterocycles. The summed E-state index contributed by atoms with van der Waals surface area (Å²) in [5.74, 6) is 0.604. The van der Waals surface area contributed by atoms with E-state index in [0.29, 0.717) is 23.5 Å². The summed E-state index contributed by atoms with van der Waals surface area (Å²) in [6.07, 6.45) is 3.13. The van der Waals surface area contributed by atoms with E-state index in [2.05, 4.69) is 37.3 Å². The van der Waals surface area contributed by atoms with Crippen molar-refractivity contribution in [2.45, 2.75) is 24.5 Å². The SMILES string of the molecule is Cl.OC[C@H]1O[C@@H](n2cnc3c(NCCN4CC=CC4)ncnc32)[C@H](O)[C@@H]1O. The molecule has 4 rings (SSSR count). The van der Waals surface area contributed by atoms with Crippen LogP contribution >= 0.6 is 12.4 Å². The normalized spacial score (nSPS) is 28.0. The third-order valence-corrected chi connectivity index (χ3v) is 4.76. The van der Waals surface area contributed by atoms with Gasteiger partial charge in [-0.3, -0.25) is 9.47 Å². The van der Waals surface area contributed by atoms with E-state index in [1.807, 2.05) is 0 Å². The lowest BCUT2D eigenvalue weighted by Gasteiger charge is -2.17. The van der Waals surface area contributed by atoms with Crippen molar-refractivity contribution < 1.29 is 20.1 Å². The topological polar surface area (TPSA) is 129 Å². The second-order valence-electron chi connectivity index (χ2n) is 6.43. The molecule has 2 aromatic rings. The minimum Gasteiger partial charge on any atom is -0.394 e. The van der Waals surface area contributed by atoms with Gasteiger partial charge in [-0.15, -0.1) is 12.4 Å². The van der Waals surface area contributed by atoms with Crippen LogP contribution in [0.5, 0.6) is 0 Å². The minimum absolute atomic E-state index is 0. The Bertz CT molecular complexity index is 794. The van der Waals surface area contributed by atoms with E-state index >= 15 is 0 Å². The van der Waals surface area contributed by atoms with Crippen molar-refractivity contribution in [1.82, 2.24) is 24.4 Å². The van der Waals surface area contributed by atoms with Gasteiger partial charge in [0.15, 0.2) is 23.2 Å². The molecule has 1 saturated heterocycles. The molecular formula is C16H23ClN6O4. The summed E-state index contributed by atoms with van der Waals surface area (Å²) in [7, 11) is 0. The molecule has 0 saturated carbocycles. The van der Waals surface area contributed by atoms with Gasteiger partial charge in [0, 0.05) is 26.2 Å². The van der Waals surface area contributed by atoms with Gasteiger partial charge < -0.3 is 25.4 Å². The Labute approximate surface area is 161 Å². The van der Waals surface area contributed by atoms with Crippen LogP contribution in [0, 0.1) is 0 Å². The largest absolute Gasteiger partial charge is 0.394 e. The first-order chi connectivity index (χ1) is 12.7. The molecule has 4 atom stereocenters. The number of aromatic nitrogens is 4. The van der Waals surface area contributed by atoms with Gasteiger partial charge in [-0.2, -0.15) is 0 Å². The van der Waals surface area contributed by atoms with E-state index in [1.54, 1.807) is 4.57 Å². The highest BCUT2D eigenvalue weighted by Gasteiger charge is 2.44. The Kier molecular flexibility index (Phi) is 6.25. The lowest BCUT2D eigenvalue weighted by Crippen LogP contribution is -2.33. The van der Waals surface area contributed by atoms with Crippen LogP contribution in [0.25, 0.3) is 11.2 Å². The number of ether oxygens (including phenoxy) is 1. The summed E-state index contributed by atoms with van der Waals surface area (Å²) in [5.41, 5.74) is 1.05. The highest BCUT2D eigenvalue weighted by atomic mass is 35.5. The molecule has 2 aliphatic rings. The molecule has 4 heterocycles. The van der Waals surface area contributed by atoms with Crippen molar-refractivity contribution in [2.24, 2.45) is 0 Å². The first kappa shape index (κ1) is 19.9. The van der Waals surface area contributed by atoms with E-state index in [1.165, 1.54) is 12.7 Å². The molecule has 0 radical (unpaired) electrons. The third kappa shape index (κ3) is 3.77. The lowest BCUT2D eigenvalue weighted by atomic mass is 10.1. The number of rotatable bonds is 6. The van der Waals surface area contributed by atoms with Crippen molar-refractivity contribution in [3.05, 3.63) is 24.8 Å². The molecule has 0 aliphatic carbocycles. The fraction of sp³-hybridized carbons (Fsp3) is 0.562. The summed E-state index contributed by atoms with van der Waals surface area (Å²) < 4.78 is 7.11. The summed E-state index contributed by atoms with van der Waals surface area (Å²) >= 11 is 0. The number of anilines is 1. The predicted molar refractivity (Wildman–Crippen MR) is 99.7 cm³/mol. The first-order valence-corrected chi connectivity index (χ1v) is 8.60. The van der Waals surface area contributed by atoms with Gasteiger partial charge in [-0.05, 0) is 0 Å². The Morgan fingerprint density at radius 2 is 1.93 bits per heavy atom. The van der Waals surface area contributed by atoms with Crippen molar-refractivity contribution in [3.63, 3.8) is 0 Å². The molecule has 4 N–H and O–H groups in total. The Balaban J connectivity index is 0.00000210. The van der Waals surface area contributed by atoms with Gasteiger partial charge in [-0.25, -0.2) is 15.0 Å². The summed E-state index contributed by atoms with van der Waals surface area (Å²) in [6, 6.07) is 0. The van der Waals surface area contributed by atoms with Gasteiger partial charge >= 0.3 is 0 Å². The molecule has 148 valence electrons. The average molecular weight is 399 g/mol. The van der Waals surface area contributed by atoms with Gasteiger partial charge in [0.1, 0.15) is 24.6 Å². The molecule has 0 bridgehead atoms. The van der Waals surface area contributed by atoms with Crippen LogP contribution in [-0.2, 0) is 4.74 Å². The number of aliphatic hydroxyl groups excluding tert-OH is 3. The van der Waals surface area contributed by atoms with Crippen molar-refractivity contribution in [1.29, 1.82) is 0 Å². The molecular weight excluding hydrogens is 376 g/mol. The molecule has 0 aromatic carbocycles. The molecule has 0 spiro atoms. The van der Waals surface area contributed by atoms with E-state index < -0.39 is 24.5 Å².